The predicted molar refractivity (Wildman–Crippen MR) is 216 cm³/mol. The topological polar surface area (TPSA) is 152 Å². The van der Waals surface area contributed by atoms with Gasteiger partial charge in [-0.25, -0.2) is 14.6 Å². The van der Waals surface area contributed by atoms with E-state index < -0.39 is 24.2 Å². The van der Waals surface area contributed by atoms with Crippen LogP contribution in [0.3, 0.4) is 0 Å². The molecule has 2 unspecified atom stereocenters. The van der Waals surface area contributed by atoms with Gasteiger partial charge in [0.05, 0.1) is 18.8 Å². The highest BCUT2D eigenvalue weighted by Gasteiger charge is 2.46. The van der Waals surface area contributed by atoms with Gasteiger partial charge in [-0.15, -0.1) is 13.2 Å². The number of benzene rings is 2. The van der Waals surface area contributed by atoms with Crippen LogP contribution in [0.4, 0.5) is 28.4 Å². The van der Waals surface area contributed by atoms with Crippen LogP contribution >= 0.6 is 0 Å². The van der Waals surface area contributed by atoms with E-state index in [1.54, 1.807) is 46.3 Å². The number of hydrogen-bond acceptors (Lipinski definition) is 8. The molecule has 60 heavy (non-hydrogen) atoms. The van der Waals surface area contributed by atoms with Crippen LogP contribution in [-0.4, -0.2) is 124 Å². The molecule has 1 aromatic heterocycles. The van der Waals surface area contributed by atoms with Gasteiger partial charge in [-0.3, -0.25) is 14.5 Å². The number of nitrogens with zero attached hydrogens (tertiary/aromatic N) is 5. The van der Waals surface area contributed by atoms with Crippen molar-refractivity contribution < 1.29 is 41.8 Å². The summed E-state index contributed by atoms with van der Waals surface area (Å²) in [5, 5.41) is 5.46. The number of nitrogens with one attached hydrogen (secondary N) is 3. The zero-order valence-electron chi connectivity index (χ0n) is 34.2. The average molecular weight is 835 g/mol. The zero-order valence-corrected chi connectivity index (χ0v) is 34.2. The zero-order chi connectivity index (χ0) is 42.3. The number of carbonyl (C=O) groups is 4. The Morgan fingerprint density at radius 1 is 0.850 bits per heavy atom. The number of amides is 5. The number of ether oxygens (including phenoxy) is 2. The first-order valence-electron chi connectivity index (χ1n) is 21.1. The van der Waals surface area contributed by atoms with Crippen molar-refractivity contribution in [3.05, 3.63) is 54.5 Å². The number of hydrogen-bond donors (Lipinski definition) is 3. The molecule has 0 spiro atoms. The molecule has 5 amide bonds. The first kappa shape index (κ1) is 41.4. The molecular formula is C43H53F3N8O6. The number of aromatic nitrogens is 2. The fourth-order valence-corrected chi connectivity index (χ4v) is 9.59. The minimum Gasteiger partial charge on any atom is -0.453 e. The van der Waals surface area contributed by atoms with Crippen molar-refractivity contribution in [2.24, 2.45) is 11.8 Å². The van der Waals surface area contributed by atoms with Crippen molar-refractivity contribution in [1.29, 1.82) is 0 Å². The highest BCUT2D eigenvalue weighted by atomic mass is 19.4. The van der Waals surface area contributed by atoms with Gasteiger partial charge in [-0.2, -0.15) is 0 Å². The molecule has 5 aliphatic rings. The summed E-state index contributed by atoms with van der Waals surface area (Å²) in [5.41, 5.74) is 2.14. The number of alkyl carbamates (subject to hydrolysis) is 1. The number of rotatable bonds is 10. The Morgan fingerprint density at radius 2 is 1.53 bits per heavy atom. The summed E-state index contributed by atoms with van der Waals surface area (Å²) in [6.45, 7) is 6.81. The summed E-state index contributed by atoms with van der Waals surface area (Å²) in [6.07, 6.45) is 3.34. The molecule has 4 aliphatic heterocycles. The van der Waals surface area contributed by atoms with E-state index in [0.29, 0.717) is 60.6 Å². The summed E-state index contributed by atoms with van der Waals surface area (Å²) >= 11 is 0. The maximum Gasteiger partial charge on any atom is 0.573 e. The normalized spacial score (nSPS) is 22.9. The van der Waals surface area contributed by atoms with E-state index in [2.05, 4.69) is 25.3 Å². The van der Waals surface area contributed by atoms with E-state index in [1.807, 2.05) is 18.7 Å². The van der Waals surface area contributed by atoms with Crippen molar-refractivity contribution in [2.45, 2.75) is 102 Å². The SMILES string of the molecule is COC(=O)N[C@H](C(=O)N1CCC[C@H]1c1nc(-c2ccc(-c3ccc(NC(=O)N4CC5CCC(C4)N5C4CCN(C(=O)C5CC5)CC4)cc3OC(F)(F)F)cc2)c[nH]1)C(C)C. The third-order valence-corrected chi connectivity index (χ3v) is 12.7. The number of anilines is 1. The predicted octanol–water partition coefficient (Wildman–Crippen LogP) is 6.77. The molecule has 14 nitrogen and oxygen atoms in total. The van der Waals surface area contributed by atoms with Crippen molar-refractivity contribution in [1.82, 2.24) is 34.9 Å². The molecule has 5 fully saturated rings. The van der Waals surface area contributed by atoms with E-state index in [4.69, 9.17) is 9.72 Å². The van der Waals surface area contributed by atoms with Crippen LogP contribution in [-0.2, 0) is 14.3 Å². The van der Waals surface area contributed by atoms with Gasteiger partial charge < -0.3 is 39.8 Å². The molecule has 5 heterocycles. The number of H-pyrrole nitrogens is 1. The Balaban J connectivity index is 0.915. The Bertz CT molecular complexity index is 2050. The van der Waals surface area contributed by atoms with Gasteiger partial charge in [0.2, 0.25) is 11.8 Å². The van der Waals surface area contributed by atoms with Gasteiger partial charge in [-0.1, -0.05) is 38.1 Å². The molecule has 4 saturated heterocycles. The van der Waals surface area contributed by atoms with Crippen LogP contribution in [0.15, 0.2) is 48.7 Å². The van der Waals surface area contributed by atoms with Crippen LogP contribution in [0, 0.1) is 11.8 Å². The van der Waals surface area contributed by atoms with E-state index in [9.17, 15) is 32.3 Å². The number of aromatic amines is 1. The quantitative estimate of drug-likeness (QED) is 0.203. The number of piperidine rings is 1. The average Bonchev–Trinajstić information content (AvgIpc) is 3.63. The molecule has 1 aliphatic carbocycles. The molecule has 3 aromatic rings. The van der Waals surface area contributed by atoms with E-state index >= 15 is 0 Å². The third kappa shape index (κ3) is 8.91. The van der Waals surface area contributed by atoms with Crippen molar-refractivity contribution in [3.8, 4) is 28.1 Å². The van der Waals surface area contributed by atoms with Gasteiger partial charge in [-0.05, 0) is 75.0 Å². The number of piperazine rings is 1. The summed E-state index contributed by atoms with van der Waals surface area (Å²) < 4.78 is 50.5. The lowest BCUT2D eigenvalue weighted by Gasteiger charge is -2.47. The van der Waals surface area contributed by atoms with E-state index in [0.717, 1.165) is 58.0 Å². The van der Waals surface area contributed by atoms with Gasteiger partial charge in [0.25, 0.3) is 0 Å². The maximum absolute atomic E-state index is 13.8. The fourth-order valence-electron chi connectivity index (χ4n) is 9.59. The minimum absolute atomic E-state index is 0.173. The first-order chi connectivity index (χ1) is 28.8. The lowest BCUT2D eigenvalue weighted by Crippen LogP contribution is -2.60. The molecule has 322 valence electrons. The number of urea groups is 1. The number of likely N-dealkylation sites (tertiary alicyclic amines) is 3. The monoisotopic (exact) mass is 834 g/mol. The molecule has 1 saturated carbocycles. The van der Waals surface area contributed by atoms with Crippen LogP contribution < -0.4 is 15.4 Å². The Kier molecular flexibility index (Phi) is 11.7. The minimum atomic E-state index is -4.97. The molecule has 4 atom stereocenters. The second-order valence-electron chi connectivity index (χ2n) is 17.1. The van der Waals surface area contributed by atoms with Gasteiger partial charge in [0.15, 0.2) is 0 Å². The van der Waals surface area contributed by atoms with Crippen LogP contribution in [0.5, 0.6) is 5.75 Å². The second kappa shape index (κ2) is 17.0. The number of methoxy groups -OCH3 is 1. The largest absolute Gasteiger partial charge is 0.573 e. The first-order valence-corrected chi connectivity index (χ1v) is 21.1. The highest BCUT2D eigenvalue weighted by molar-refractivity contribution is 5.91. The van der Waals surface area contributed by atoms with Gasteiger partial charge >= 0.3 is 18.5 Å². The molecule has 2 aromatic carbocycles. The molecule has 2 bridgehead atoms. The van der Waals surface area contributed by atoms with Crippen LogP contribution in [0.25, 0.3) is 22.4 Å². The standard InChI is InChI=1S/C43H53F3N8O6/c1-25(2)37(50-42(58)59-3)40(56)53-18-4-5-35(53)38-47-22-34(49-38)27-8-6-26(7-9-27)33-15-12-29(21-36(33)60-43(44,45)46)48-41(57)52-23-31-13-14-32(24-52)54(31)30-16-19-51(20-17-30)39(55)28-10-11-28/h6-9,12,15,21-22,25,28,30-32,35,37H,4-5,10-11,13-14,16-20,23-24H2,1-3H3,(H,47,49)(H,48,57)(H,50,58)/t31?,32?,35-,37-/m0/s1. The Hall–Kier alpha value is -5.32. The third-order valence-electron chi connectivity index (χ3n) is 12.7. The molecule has 8 rings (SSSR count). The summed E-state index contributed by atoms with van der Waals surface area (Å²) in [6, 6.07) is 10.5. The smallest absolute Gasteiger partial charge is 0.453 e. The second-order valence-corrected chi connectivity index (χ2v) is 17.1. The lowest BCUT2D eigenvalue weighted by molar-refractivity contribution is -0.274. The maximum atomic E-state index is 13.8. The van der Waals surface area contributed by atoms with E-state index in [-0.39, 0.29) is 53.2 Å². The number of carbonyl (C=O) groups excluding carboxylic acids is 4. The number of halogens is 3. The number of fused-ring (bicyclic) bond motifs is 2. The summed E-state index contributed by atoms with van der Waals surface area (Å²) in [7, 11) is 1.25. The molecular weight excluding hydrogens is 782 g/mol. The van der Waals surface area contributed by atoms with E-state index in [1.165, 1.54) is 19.2 Å². The van der Waals surface area contributed by atoms with Gasteiger partial charge in [0.1, 0.15) is 17.6 Å². The fraction of sp³-hybridized carbons (Fsp3) is 0.558. The molecule has 3 N–H and O–H groups in total. The van der Waals surface area contributed by atoms with Crippen molar-refractivity contribution in [3.63, 3.8) is 0 Å². The molecule has 17 heteroatoms. The Labute approximate surface area is 347 Å². The summed E-state index contributed by atoms with van der Waals surface area (Å²) in [4.78, 5) is 67.7. The van der Waals surface area contributed by atoms with Gasteiger partial charge in [0, 0.05) is 85.8 Å². The number of imidazole rings is 1. The van der Waals surface area contributed by atoms with Crippen LogP contribution in [0.2, 0.25) is 0 Å². The van der Waals surface area contributed by atoms with Crippen molar-refractivity contribution in [2.75, 3.05) is 45.2 Å². The Morgan fingerprint density at radius 3 is 2.17 bits per heavy atom. The van der Waals surface area contributed by atoms with Crippen LogP contribution in [0.1, 0.15) is 77.1 Å². The molecule has 0 radical (unpaired) electrons. The van der Waals surface area contributed by atoms with Crippen molar-refractivity contribution >= 4 is 29.6 Å². The lowest BCUT2D eigenvalue weighted by atomic mass is 9.99. The highest BCUT2D eigenvalue weighted by Crippen LogP contribution is 2.40. The number of alkyl halides is 3. The summed E-state index contributed by atoms with van der Waals surface area (Å²) in [5.74, 6) is 0.269.